The molecular weight excluding hydrogens is 108 g/mol. The molecule has 1 radical (unpaired) electrons. The molecular formula is C5H9O3. The molecule has 0 saturated carbocycles. The Labute approximate surface area is 48.5 Å². The van der Waals surface area contributed by atoms with Crippen molar-refractivity contribution in [1.82, 2.24) is 0 Å². The number of carbonyl (C=O) groups excluding carboxylic acids is 1. The molecule has 0 aliphatic carbocycles. The maximum Gasteiger partial charge on any atom is 0.453 e. The van der Waals surface area contributed by atoms with Crippen LogP contribution in [0.15, 0.2) is 0 Å². The Kier molecular flexibility index (Phi) is 2.48. The predicted octanol–water partition coefficient (Wildman–Crippen LogP) is 0.800. The lowest BCUT2D eigenvalue weighted by Crippen LogP contribution is -2.18. The van der Waals surface area contributed by atoms with Gasteiger partial charge in [0.1, 0.15) is 5.60 Å². The standard InChI is InChI=1S/C5H9O3/c1-5(2,3)8-7-4-6/h1-3H3. The first-order chi connectivity index (χ1) is 3.56. The fraction of sp³-hybridized carbons (Fsp3) is 0.800. The van der Waals surface area contributed by atoms with Crippen molar-refractivity contribution < 1.29 is 14.6 Å². The lowest BCUT2D eigenvalue weighted by Gasteiger charge is -2.13. The Hall–Kier alpha value is -0.570. The first kappa shape index (κ1) is 7.43. The first-order valence-electron chi connectivity index (χ1n) is 2.28. The zero-order valence-corrected chi connectivity index (χ0v) is 5.22. The topological polar surface area (TPSA) is 35.5 Å². The van der Waals surface area contributed by atoms with Crippen molar-refractivity contribution in [2.75, 3.05) is 0 Å². The van der Waals surface area contributed by atoms with E-state index in [1.807, 2.05) is 0 Å². The van der Waals surface area contributed by atoms with Gasteiger partial charge in [-0.15, -0.1) is 0 Å². The van der Waals surface area contributed by atoms with Crippen LogP contribution in [0, 0.1) is 0 Å². The fourth-order valence-corrected chi connectivity index (χ4v) is 0.142. The van der Waals surface area contributed by atoms with Crippen LogP contribution in [-0.4, -0.2) is 12.1 Å². The molecule has 0 bridgehead atoms. The Bertz CT molecular complexity index is 72.2. The van der Waals surface area contributed by atoms with Gasteiger partial charge in [0.05, 0.1) is 0 Å². The van der Waals surface area contributed by atoms with Gasteiger partial charge in [0.25, 0.3) is 0 Å². The van der Waals surface area contributed by atoms with Gasteiger partial charge in [0.15, 0.2) is 0 Å². The number of hydrogen-bond acceptors (Lipinski definition) is 3. The molecule has 0 rings (SSSR count). The minimum Gasteiger partial charge on any atom is -0.285 e. The highest BCUT2D eigenvalue weighted by atomic mass is 17.2. The molecule has 0 saturated heterocycles. The van der Waals surface area contributed by atoms with Gasteiger partial charge in [0, 0.05) is 0 Å². The highest BCUT2D eigenvalue weighted by Crippen LogP contribution is 2.05. The first-order valence-corrected chi connectivity index (χ1v) is 2.28. The van der Waals surface area contributed by atoms with Crippen LogP contribution in [0.1, 0.15) is 20.8 Å². The van der Waals surface area contributed by atoms with Crippen LogP contribution in [0.4, 0.5) is 0 Å². The smallest absolute Gasteiger partial charge is 0.285 e. The van der Waals surface area contributed by atoms with Gasteiger partial charge in [-0.1, -0.05) is 0 Å². The second-order valence-corrected chi connectivity index (χ2v) is 2.36. The quantitative estimate of drug-likeness (QED) is 0.396. The molecule has 0 spiro atoms. The summed E-state index contributed by atoms with van der Waals surface area (Å²) in [7, 11) is 0. The minimum atomic E-state index is -0.433. The van der Waals surface area contributed by atoms with Crippen LogP contribution in [0.2, 0.25) is 0 Å². The molecule has 0 heterocycles. The summed E-state index contributed by atoms with van der Waals surface area (Å²) in [6.45, 7) is 6.46. The molecule has 0 fully saturated rings. The molecule has 8 heavy (non-hydrogen) atoms. The van der Waals surface area contributed by atoms with Crippen LogP contribution in [0.25, 0.3) is 0 Å². The van der Waals surface area contributed by atoms with Crippen molar-refractivity contribution >= 4 is 6.47 Å². The van der Waals surface area contributed by atoms with E-state index in [4.69, 9.17) is 0 Å². The van der Waals surface area contributed by atoms with Crippen molar-refractivity contribution in [1.29, 1.82) is 0 Å². The van der Waals surface area contributed by atoms with E-state index in [2.05, 4.69) is 9.78 Å². The summed E-state index contributed by atoms with van der Waals surface area (Å²) < 4.78 is 0. The minimum absolute atomic E-state index is 0.433. The Morgan fingerprint density at radius 2 is 1.88 bits per heavy atom. The summed E-state index contributed by atoms with van der Waals surface area (Å²) in [5.74, 6) is 0. The predicted molar refractivity (Wildman–Crippen MR) is 27.6 cm³/mol. The van der Waals surface area contributed by atoms with Crippen LogP contribution in [0.5, 0.6) is 0 Å². The molecule has 0 aromatic carbocycles. The van der Waals surface area contributed by atoms with Crippen LogP contribution in [0.3, 0.4) is 0 Å². The number of hydrogen-bond donors (Lipinski definition) is 0. The van der Waals surface area contributed by atoms with Crippen molar-refractivity contribution in [2.45, 2.75) is 26.4 Å². The average Bonchev–Trinajstić information content (AvgIpc) is 1.59. The highest BCUT2D eigenvalue weighted by Gasteiger charge is 2.11. The van der Waals surface area contributed by atoms with E-state index >= 15 is 0 Å². The number of rotatable bonds is 2. The average molecular weight is 117 g/mol. The maximum absolute atomic E-state index is 9.38. The summed E-state index contributed by atoms with van der Waals surface area (Å²) in [6, 6.07) is 0. The van der Waals surface area contributed by atoms with Crippen molar-refractivity contribution in [3.63, 3.8) is 0 Å². The molecule has 0 aromatic rings. The molecule has 3 heteroatoms. The third-order valence-electron chi connectivity index (χ3n) is 0.326. The summed E-state index contributed by atoms with van der Waals surface area (Å²) in [5, 5.41) is 0. The molecule has 0 N–H and O–H groups in total. The zero-order chi connectivity index (χ0) is 6.62. The van der Waals surface area contributed by atoms with E-state index in [1.165, 1.54) is 0 Å². The highest BCUT2D eigenvalue weighted by molar-refractivity contribution is 5.36. The van der Waals surface area contributed by atoms with Crippen LogP contribution >= 0.6 is 0 Å². The van der Waals surface area contributed by atoms with Gasteiger partial charge in [-0.05, 0) is 20.8 Å². The monoisotopic (exact) mass is 117 g/mol. The van der Waals surface area contributed by atoms with Gasteiger partial charge < -0.3 is 0 Å². The van der Waals surface area contributed by atoms with E-state index in [9.17, 15) is 4.79 Å². The molecule has 0 aliphatic rings. The zero-order valence-electron chi connectivity index (χ0n) is 5.22. The van der Waals surface area contributed by atoms with Crippen molar-refractivity contribution in [3.8, 4) is 0 Å². The molecule has 0 unspecified atom stereocenters. The Morgan fingerprint density at radius 1 is 1.38 bits per heavy atom. The van der Waals surface area contributed by atoms with Gasteiger partial charge in [-0.2, -0.15) is 4.89 Å². The maximum atomic E-state index is 9.38. The van der Waals surface area contributed by atoms with Crippen molar-refractivity contribution in [3.05, 3.63) is 0 Å². The second kappa shape index (κ2) is 2.67. The lowest BCUT2D eigenvalue weighted by molar-refractivity contribution is -0.288. The van der Waals surface area contributed by atoms with Crippen molar-refractivity contribution in [2.24, 2.45) is 0 Å². The molecule has 0 aromatic heterocycles. The van der Waals surface area contributed by atoms with Gasteiger partial charge in [-0.25, -0.2) is 4.79 Å². The largest absolute Gasteiger partial charge is 0.453 e. The summed E-state index contributed by atoms with van der Waals surface area (Å²) in [4.78, 5) is 17.7. The Morgan fingerprint density at radius 3 is 2.00 bits per heavy atom. The van der Waals surface area contributed by atoms with Gasteiger partial charge >= 0.3 is 6.47 Å². The molecule has 0 atom stereocenters. The van der Waals surface area contributed by atoms with Crippen LogP contribution < -0.4 is 0 Å². The SMILES string of the molecule is CC(C)(C)OO[C]=O. The third kappa shape index (κ3) is 5.43. The van der Waals surface area contributed by atoms with E-state index < -0.39 is 5.60 Å². The fourth-order valence-electron chi connectivity index (χ4n) is 0.142. The van der Waals surface area contributed by atoms with Crippen LogP contribution in [-0.2, 0) is 14.6 Å². The molecule has 3 nitrogen and oxygen atoms in total. The summed E-state index contributed by atoms with van der Waals surface area (Å²) in [6.07, 6.45) is 0. The third-order valence-corrected chi connectivity index (χ3v) is 0.326. The van der Waals surface area contributed by atoms with Gasteiger partial charge in [0.2, 0.25) is 0 Å². The van der Waals surface area contributed by atoms with E-state index in [-0.39, 0.29) is 0 Å². The van der Waals surface area contributed by atoms with E-state index in [0.717, 1.165) is 6.47 Å². The normalized spacial score (nSPS) is 10.9. The molecule has 0 aliphatic heterocycles. The summed E-state index contributed by atoms with van der Waals surface area (Å²) in [5.41, 5.74) is -0.433. The molecule has 0 amide bonds. The van der Waals surface area contributed by atoms with E-state index in [1.54, 1.807) is 20.8 Å². The summed E-state index contributed by atoms with van der Waals surface area (Å²) >= 11 is 0. The lowest BCUT2D eigenvalue weighted by atomic mass is 10.2. The molecule has 47 valence electrons. The van der Waals surface area contributed by atoms with Gasteiger partial charge in [-0.3, -0.25) is 4.89 Å². The second-order valence-electron chi connectivity index (χ2n) is 2.36. The van der Waals surface area contributed by atoms with E-state index in [0.29, 0.717) is 0 Å². The Balaban J connectivity index is 3.24.